The molecule has 0 spiro atoms. The van der Waals surface area contributed by atoms with Gasteiger partial charge in [-0.2, -0.15) is 0 Å². The quantitative estimate of drug-likeness (QED) is 0.330. The van der Waals surface area contributed by atoms with Crippen molar-refractivity contribution in [3.8, 4) is 17.0 Å². The molecule has 1 saturated heterocycles. The molecule has 200 valence electrons. The minimum absolute atomic E-state index is 0.172. The monoisotopic (exact) mass is 531 g/mol. The number of hydrogen-bond acceptors (Lipinski definition) is 6. The molecule has 1 atom stereocenters. The lowest BCUT2D eigenvalue weighted by atomic mass is 10.0. The summed E-state index contributed by atoms with van der Waals surface area (Å²) in [5.74, 6) is -1.92. The van der Waals surface area contributed by atoms with Crippen molar-refractivity contribution in [1.82, 2.24) is 9.88 Å². The molecule has 0 saturated carbocycles. The molecule has 1 aliphatic rings. The van der Waals surface area contributed by atoms with Gasteiger partial charge >= 0.3 is 6.36 Å². The first kappa shape index (κ1) is 27.2. The number of carbonyl (C=O) groups is 2. The molecular formula is C27H25F4N3O4. The van der Waals surface area contributed by atoms with Crippen LogP contribution in [0.3, 0.4) is 0 Å². The fourth-order valence-electron chi connectivity index (χ4n) is 4.04. The molecule has 1 aromatic heterocycles. The number of rotatable bonds is 8. The SMILES string of the molecule is CC(C(=O)Nc1cc(CC(=O)c2ccc(-c3ccccc3F)nc2)ccc1OC(F)(F)F)N1CCOCC1. The van der Waals surface area contributed by atoms with Gasteiger partial charge in [0.2, 0.25) is 5.91 Å². The Hall–Kier alpha value is -3.83. The molecule has 1 aliphatic heterocycles. The van der Waals surface area contributed by atoms with Gasteiger partial charge in [-0.1, -0.05) is 18.2 Å². The van der Waals surface area contributed by atoms with Crippen LogP contribution in [0.2, 0.25) is 0 Å². The fraction of sp³-hybridized carbons (Fsp3) is 0.296. The summed E-state index contributed by atoms with van der Waals surface area (Å²) in [5.41, 5.74) is 1.04. The molecule has 2 aromatic carbocycles. The Morgan fingerprint density at radius 3 is 2.50 bits per heavy atom. The molecule has 0 aliphatic carbocycles. The third-order valence-corrected chi connectivity index (χ3v) is 6.10. The number of amides is 1. The average molecular weight is 532 g/mol. The highest BCUT2D eigenvalue weighted by Gasteiger charge is 2.33. The summed E-state index contributed by atoms with van der Waals surface area (Å²) in [6, 6.07) is 12.2. The van der Waals surface area contributed by atoms with Crippen molar-refractivity contribution in [2.24, 2.45) is 0 Å². The van der Waals surface area contributed by atoms with Gasteiger partial charge in [0.05, 0.1) is 30.6 Å². The summed E-state index contributed by atoms with van der Waals surface area (Å²) >= 11 is 0. The number of carbonyl (C=O) groups excluding carboxylic acids is 2. The first-order valence-corrected chi connectivity index (χ1v) is 11.9. The number of pyridine rings is 1. The van der Waals surface area contributed by atoms with Crippen LogP contribution in [0.15, 0.2) is 60.8 Å². The number of aromatic nitrogens is 1. The first-order chi connectivity index (χ1) is 18.1. The number of nitrogens with zero attached hydrogens (tertiary/aromatic N) is 2. The van der Waals surface area contributed by atoms with Crippen molar-refractivity contribution >= 4 is 17.4 Å². The van der Waals surface area contributed by atoms with Crippen molar-refractivity contribution in [3.63, 3.8) is 0 Å². The van der Waals surface area contributed by atoms with Crippen molar-refractivity contribution in [3.05, 3.63) is 77.7 Å². The molecule has 1 N–H and O–H groups in total. The van der Waals surface area contributed by atoms with Crippen LogP contribution in [0.1, 0.15) is 22.8 Å². The number of benzene rings is 2. The summed E-state index contributed by atoms with van der Waals surface area (Å²) in [4.78, 5) is 31.7. The van der Waals surface area contributed by atoms with Crippen LogP contribution in [0.25, 0.3) is 11.3 Å². The maximum Gasteiger partial charge on any atom is 0.573 e. The van der Waals surface area contributed by atoms with Crippen molar-refractivity contribution in [2.45, 2.75) is 25.7 Å². The fourth-order valence-corrected chi connectivity index (χ4v) is 4.04. The zero-order valence-electron chi connectivity index (χ0n) is 20.4. The van der Waals surface area contributed by atoms with Crippen LogP contribution in [0, 0.1) is 5.82 Å². The number of Topliss-reactive ketones (excluding diaryl/α,β-unsaturated/α-hetero) is 1. The number of halogens is 4. The maximum atomic E-state index is 14.0. The zero-order chi connectivity index (χ0) is 27.3. The zero-order valence-corrected chi connectivity index (χ0v) is 20.4. The molecule has 7 nitrogen and oxygen atoms in total. The predicted molar refractivity (Wildman–Crippen MR) is 131 cm³/mol. The van der Waals surface area contributed by atoms with E-state index in [-0.39, 0.29) is 23.5 Å². The maximum absolute atomic E-state index is 14.0. The van der Waals surface area contributed by atoms with Crippen LogP contribution < -0.4 is 10.1 Å². The van der Waals surface area contributed by atoms with Gasteiger partial charge in [-0.15, -0.1) is 13.2 Å². The number of ketones is 1. The van der Waals surface area contributed by atoms with E-state index in [4.69, 9.17) is 4.74 Å². The summed E-state index contributed by atoms with van der Waals surface area (Å²) < 4.78 is 62.3. The second kappa shape index (κ2) is 11.7. The van der Waals surface area contributed by atoms with Gasteiger partial charge in [-0.05, 0) is 48.9 Å². The number of hydrogen-bond donors (Lipinski definition) is 1. The predicted octanol–water partition coefficient (Wildman–Crippen LogP) is 4.87. The highest BCUT2D eigenvalue weighted by molar-refractivity contribution is 5.98. The van der Waals surface area contributed by atoms with Crippen molar-refractivity contribution < 1.29 is 36.6 Å². The molecule has 2 heterocycles. The minimum atomic E-state index is -4.97. The van der Waals surface area contributed by atoms with Gasteiger partial charge in [0.25, 0.3) is 0 Å². The molecule has 4 rings (SSSR count). The number of anilines is 1. The summed E-state index contributed by atoms with van der Waals surface area (Å²) in [7, 11) is 0. The van der Waals surface area contributed by atoms with Crippen LogP contribution in [0.5, 0.6) is 5.75 Å². The van der Waals surface area contributed by atoms with E-state index in [9.17, 15) is 27.2 Å². The Labute approximate surface area is 216 Å². The average Bonchev–Trinajstić information content (AvgIpc) is 2.90. The number of morpholine rings is 1. The normalized spacial score (nSPS) is 15.1. The Bertz CT molecular complexity index is 1290. The number of ether oxygens (including phenoxy) is 2. The lowest BCUT2D eigenvalue weighted by molar-refractivity contribution is -0.274. The standard InChI is InChI=1S/C27H25F4N3O4/c1-17(34-10-12-37-13-11-34)26(36)33-23-14-18(6-9-25(23)38-27(29,30)31)15-24(35)19-7-8-22(32-16-19)20-4-2-3-5-21(20)28/h2-9,14,16-17H,10-13,15H2,1H3,(H,33,36). The second-order valence-electron chi connectivity index (χ2n) is 8.70. The van der Waals surface area contributed by atoms with Crippen LogP contribution in [0.4, 0.5) is 23.2 Å². The summed E-state index contributed by atoms with van der Waals surface area (Å²) in [5, 5.41) is 2.51. The van der Waals surface area contributed by atoms with Gasteiger partial charge in [0.15, 0.2) is 11.5 Å². The molecule has 1 unspecified atom stereocenters. The molecule has 38 heavy (non-hydrogen) atoms. The van der Waals surface area contributed by atoms with Gasteiger partial charge in [-0.3, -0.25) is 19.5 Å². The number of nitrogens with one attached hydrogen (secondary N) is 1. The molecule has 1 amide bonds. The van der Waals surface area contributed by atoms with E-state index >= 15 is 0 Å². The first-order valence-electron chi connectivity index (χ1n) is 11.9. The Morgan fingerprint density at radius 2 is 1.84 bits per heavy atom. The minimum Gasteiger partial charge on any atom is -0.404 e. The van der Waals surface area contributed by atoms with Crippen LogP contribution in [-0.2, 0) is 16.0 Å². The van der Waals surface area contributed by atoms with Crippen molar-refractivity contribution in [2.75, 3.05) is 31.6 Å². The molecule has 0 bridgehead atoms. The van der Waals surface area contributed by atoms with E-state index in [0.29, 0.717) is 43.1 Å². The van der Waals surface area contributed by atoms with E-state index in [2.05, 4.69) is 15.0 Å². The van der Waals surface area contributed by atoms with E-state index in [0.717, 1.165) is 6.07 Å². The Morgan fingerprint density at radius 1 is 1.11 bits per heavy atom. The largest absolute Gasteiger partial charge is 0.573 e. The molecule has 0 radical (unpaired) electrons. The van der Waals surface area contributed by atoms with E-state index in [1.807, 2.05) is 4.90 Å². The van der Waals surface area contributed by atoms with Crippen LogP contribution in [-0.4, -0.2) is 60.3 Å². The Balaban J connectivity index is 1.51. The molecule has 11 heteroatoms. The molecule has 1 fully saturated rings. The lowest BCUT2D eigenvalue weighted by Crippen LogP contribution is -2.47. The van der Waals surface area contributed by atoms with Gasteiger partial charge in [0, 0.05) is 36.8 Å². The third kappa shape index (κ3) is 6.93. The van der Waals surface area contributed by atoms with Crippen LogP contribution >= 0.6 is 0 Å². The lowest BCUT2D eigenvalue weighted by Gasteiger charge is -2.31. The third-order valence-electron chi connectivity index (χ3n) is 6.10. The highest BCUT2D eigenvalue weighted by atomic mass is 19.4. The second-order valence-corrected chi connectivity index (χ2v) is 8.70. The molecule has 3 aromatic rings. The van der Waals surface area contributed by atoms with Gasteiger partial charge in [-0.25, -0.2) is 4.39 Å². The smallest absolute Gasteiger partial charge is 0.404 e. The summed E-state index contributed by atoms with van der Waals surface area (Å²) in [6.45, 7) is 3.58. The topological polar surface area (TPSA) is 80.8 Å². The van der Waals surface area contributed by atoms with E-state index < -0.39 is 29.9 Å². The highest BCUT2D eigenvalue weighted by Crippen LogP contribution is 2.32. The van der Waals surface area contributed by atoms with Gasteiger partial charge in [0.1, 0.15) is 5.82 Å². The molecular weight excluding hydrogens is 506 g/mol. The summed E-state index contributed by atoms with van der Waals surface area (Å²) in [6.07, 6.45) is -3.83. The number of alkyl halides is 3. The van der Waals surface area contributed by atoms with E-state index in [1.165, 1.54) is 36.5 Å². The van der Waals surface area contributed by atoms with Crippen molar-refractivity contribution in [1.29, 1.82) is 0 Å². The van der Waals surface area contributed by atoms with E-state index in [1.54, 1.807) is 25.1 Å². The Kier molecular flexibility index (Phi) is 8.38. The van der Waals surface area contributed by atoms with Gasteiger partial charge < -0.3 is 14.8 Å².